The van der Waals surface area contributed by atoms with Gasteiger partial charge >= 0.3 is 11.9 Å². The fraction of sp³-hybridized carbons (Fsp3) is 0.500. The van der Waals surface area contributed by atoms with E-state index in [1.807, 2.05) is 21.1 Å². The van der Waals surface area contributed by atoms with Crippen LogP contribution in [0.3, 0.4) is 0 Å². The van der Waals surface area contributed by atoms with E-state index < -0.39 is 30.3 Å². The number of carboxylic acid groups (broad SMARTS) is 1. The largest absolute Gasteiger partial charge is 0.545 e. The van der Waals surface area contributed by atoms with E-state index in [2.05, 4.69) is 220 Å². The number of esters is 2. The van der Waals surface area contributed by atoms with Gasteiger partial charge in [-0.3, -0.25) is 9.59 Å². The van der Waals surface area contributed by atoms with Crippen LogP contribution in [0.1, 0.15) is 181 Å². The molecule has 460 valence electrons. The second-order valence-corrected chi connectivity index (χ2v) is 20.9. The van der Waals surface area contributed by atoms with Crippen molar-refractivity contribution in [3.05, 3.63) is 207 Å². The third-order valence-corrected chi connectivity index (χ3v) is 12.0. The van der Waals surface area contributed by atoms with Crippen LogP contribution < -0.4 is 5.11 Å². The highest BCUT2D eigenvalue weighted by molar-refractivity contribution is 5.70. The normalized spacial score (nSPS) is 14.2. The standard InChI is InChI=1S/C74H111NO8/c1-6-8-10-12-14-16-18-20-22-24-26-28-30-31-32-33-34-35-36-37-38-39-40-41-43-45-47-49-51-53-55-57-59-61-63-65-72(77)83-70(69-82-74(73(78)79)80-67-66-75(3,4)5)68-81-71(76)64-62-60-58-56-54-52-50-48-46-44-42-29-27-25-23-21-19-17-15-13-11-9-7-2/h8-11,14-17,20-23,26-29,31-32,34-35,37-38,40-41,44-47,50-53,56,58,70,74H,6-7,12-13,18-19,24-25,30,33,36,39,42-43,48-49,54-55,57,59-69H2,1-5H3/b10-8-,11-9-,16-14-,17-15-,22-20-,23-21-,28-26-,29-27-,32-31-,35-34-,38-37-,41-40-,46-44-,47-45-,52-50-,53-51-,58-56-. The summed E-state index contributed by atoms with van der Waals surface area (Å²) in [4.78, 5) is 37.3. The van der Waals surface area contributed by atoms with Gasteiger partial charge < -0.3 is 33.3 Å². The summed E-state index contributed by atoms with van der Waals surface area (Å²) in [6, 6.07) is 0. The summed E-state index contributed by atoms with van der Waals surface area (Å²) in [5.74, 6) is -2.43. The second-order valence-electron chi connectivity index (χ2n) is 20.9. The quantitative estimate of drug-likeness (QED) is 0.0195. The van der Waals surface area contributed by atoms with Gasteiger partial charge in [-0.1, -0.05) is 233 Å². The van der Waals surface area contributed by atoms with Crippen LogP contribution in [0.15, 0.2) is 207 Å². The molecule has 0 rings (SSSR count). The average Bonchev–Trinajstić information content (AvgIpc) is 3.46. The maximum Gasteiger partial charge on any atom is 0.306 e. The van der Waals surface area contributed by atoms with E-state index in [1.165, 1.54) is 0 Å². The first kappa shape index (κ1) is 76.9. The first-order valence-electron chi connectivity index (χ1n) is 31.2. The number of likely N-dealkylation sites (N-methyl/N-ethyl adjacent to an activating group) is 1. The van der Waals surface area contributed by atoms with Gasteiger partial charge in [0.05, 0.1) is 40.3 Å². The van der Waals surface area contributed by atoms with Gasteiger partial charge in [0.15, 0.2) is 12.4 Å². The maximum atomic E-state index is 12.9. The molecule has 0 aliphatic rings. The predicted molar refractivity (Wildman–Crippen MR) is 351 cm³/mol. The number of carbonyl (C=O) groups excluding carboxylic acids is 3. The molecule has 0 aliphatic heterocycles. The minimum Gasteiger partial charge on any atom is -0.545 e. The maximum absolute atomic E-state index is 12.9. The summed E-state index contributed by atoms with van der Waals surface area (Å²) >= 11 is 0. The molecule has 0 saturated carbocycles. The zero-order chi connectivity index (χ0) is 60.5. The van der Waals surface area contributed by atoms with Gasteiger partial charge in [0.1, 0.15) is 13.2 Å². The zero-order valence-corrected chi connectivity index (χ0v) is 52.2. The molecular formula is C74H111NO8. The molecule has 83 heavy (non-hydrogen) atoms. The minimum atomic E-state index is -1.66. The molecule has 0 spiro atoms. The summed E-state index contributed by atoms with van der Waals surface area (Å²) in [6.07, 6.45) is 94.6. The van der Waals surface area contributed by atoms with Crippen molar-refractivity contribution >= 4 is 17.9 Å². The zero-order valence-electron chi connectivity index (χ0n) is 52.2. The van der Waals surface area contributed by atoms with E-state index >= 15 is 0 Å². The van der Waals surface area contributed by atoms with Crippen LogP contribution in [0.5, 0.6) is 0 Å². The van der Waals surface area contributed by atoms with Crippen molar-refractivity contribution in [3.8, 4) is 0 Å². The van der Waals surface area contributed by atoms with Crippen molar-refractivity contribution < 1.29 is 42.9 Å². The van der Waals surface area contributed by atoms with Crippen molar-refractivity contribution in [2.45, 2.75) is 193 Å². The van der Waals surface area contributed by atoms with Gasteiger partial charge in [-0.15, -0.1) is 0 Å². The number of quaternary nitrogens is 1. The number of unbranched alkanes of at least 4 members (excludes halogenated alkanes) is 5. The monoisotopic (exact) mass is 1140 g/mol. The van der Waals surface area contributed by atoms with Crippen LogP contribution in [0.2, 0.25) is 0 Å². The van der Waals surface area contributed by atoms with Crippen LogP contribution in [0.25, 0.3) is 0 Å². The van der Waals surface area contributed by atoms with Crippen LogP contribution in [0.4, 0.5) is 0 Å². The molecule has 0 aliphatic carbocycles. The van der Waals surface area contributed by atoms with Crippen molar-refractivity contribution in [1.82, 2.24) is 0 Å². The van der Waals surface area contributed by atoms with Crippen LogP contribution in [-0.2, 0) is 33.3 Å². The molecule has 0 bridgehead atoms. The lowest BCUT2D eigenvalue weighted by Crippen LogP contribution is -2.44. The molecule has 0 saturated heterocycles. The lowest BCUT2D eigenvalue weighted by molar-refractivity contribution is -0.870. The Morgan fingerprint density at radius 1 is 0.361 bits per heavy atom. The molecule has 0 fully saturated rings. The van der Waals surface area contributed by atoms with Gasteiger partial charge in [0, 0.05) is 12.8 Å². The Balaban J connectivity index is 4.41. The van der Waals surface area contributed by atoms with Crippen LogP contribution in [-0.4, -0.2) is 82.3 Å². The molecule has 0 radical (unpaired) electrons. The average molecular weight is 1140 g/mol. The Labute approximate surface area is 505 Å². The Hall–Kier alpha value is -6.13. The smallest absolute Gasteiger partial charge is 0.306 e. The molecule has 0 aromatic rings. The predicted octanol–water partition coefficient (Wildman–Crippen LogP) is 17.9. The molecule has 0 aromatic heterocycles. The number of carbonyl (C=O) groups is 3. The number of carboxylic acids is 1. The number of allylic oxidation sites excluding steroid dienone is 34. The molecule has 9 nitrogen and oxygen atoms in total. The molecule has 0 heterocycles. The first-order chi connectivity index (χ1) is 40.6. The summed E-state index contributed by atoms with van der Waals surface area (Å²) in [7, 11) is 5.88. The van der Waals surface area contributed by atoms with Crippen molar-refractivity contribution in [2.24, 2.45) is 0 Å². The summed E-state index contributed by atoms with van der Waals surface area (Å²) in [5, 5.41) is 11.8. The lowest BCUT2D eigenvalue weighted by atomic mass is 10.1. The van der Waals surface area contributed by atoms with Crippen LogP contribution >= 0.6 is 0 Å². The summed E-state index contributed by atoms with van der Waals surface area (Å²) < 4.78 is 22.6. The molecule has 9 heteroatoms. The van der Waals surface area contributed by atoms with Gasteiger partial charge in [-0.25, -0.2) is 0 Å². The Morgan fingerprint density at radius 3 is 0.988 bits per heavy atom. The highest BCUT2D eigenvalue weighted by Gasteiger charge is 2.22. The van der Waals surface area contributed by atoms with Crippen LogP contribution in [0, 0.1) is 0 Å². The Morgan fingerprint density at radius 2 is 0.663 bits per heavy atom. The number of ether oxygens (including phenoxy) is 4. The van der Waals surface area contributed by atoms with E-state index in [4.69, 9.17) is 18.9 Å². The molecule has 0 N–H and O–H groups in total. The molecule has 2 atom stereocenters. The number of hydrogen-bond donors (Lipinski definition) is 0. The lowest BCUT2D eigenvalue weighted by Gasteiger charge is -2.26. The van der Waals surface area contributed by atoms with Crippen molar-refractivity contribution in [1.29, 1.82) is 0 Å². The highest BCUT2D eigenvalue weighted by Crippen LogP contribution is 2.11. The van der Waals surface area contributed by atoms with E-state index in [0.717, 1.165) is 141 Å². The van der Waals surface area contributed by atoms with E-state index in [0.29, 0.717) is 23.9 Å². The number of aliphatic carboxylic acids is 1. The van der Waals surface area contributed by atoms with Crippen molar-refractivity contribution in [3.63, 3.8) is 0 Å². The van der Waals surface area contributed by atoms with E-state index in [-0.39, 0.29) is 32.7 Å². The molecule has 0 aromatic carbocycles. The Bertz CT molecular complexity index is 2110. The second kappa shape index (κ2) is 61.9. The van der Waals surface area contributed by atoms with Crippen molar-refractivity contribution in [2.75, 3.05) is 47.5 Å². The van der Waals surface area contributed by atoms with Gasteiger partial charge in [0.2, 0.25) is 0 Å². The van der Waals surface area contributed by atoms with Gasteiger partial charge in [-0.05, 0) is 141 Å². The fourth-order valence-corrected chi connectivity index (χ4v) is 7.32. The first-order valence-corrected chi connectivity index (χ1v) is 31.2. The number of rotatable bonds is 54. The summed E-state index contributed by atoms with van der Waals surface area (Å²) in [6.45, 7) is 4.38. The number of nitrogens with zero attached hydrogens (tertiary/aromatic N) is 1. The highest BCUT2D eigenvalue weighted by atomic mass is 16.7. The molecule has 2 unspecified atom stereocenters. The minimum absolute atomic E-state index is 0.120. The van der Waals surface area contributed by atoms with E-state index in [9.17, 15) is 19.5 Å². The third kappa shape index (κ3) is 63.3. The fourth-order valence-electron chi connectivity index (χ4n) is 7.32. The Kier molecular flexibility index (Phi) is 57.4. The number of hydrogen-bond acceptors (Lipinski definition) is 8. The topological polar surface area (TPSA) is 111 Å². The SMILES string of the molecule is CC/C=C\C/C=C\C/C=C\C/C=C\C/C=C\C/C=C\C/C=C\C/C=C\C/C=C\C/C=C\CCCCCCC(=O)OC(COC(=O)CCC/C=C\C/C=C\C/C=C\C/C=C\C/C=C\C/C=C\C/C=C\CC)COC(OCC[N+](C)(C)C)C(=O)[O-]. The van der Waals surface area contributed by atoms with Gasteiger partial charge in [0.25, 0.3) is 0 Å². The van der Waals surface area contributed by atoms with E-state index in [1.54, 1.807) is 0 Å². The summed E-state index contributed by atoms with van der Waals surface area (Å²) in [5.41, 5.74) is 0. The molecule has 0 amide bonds. The van der Waals surface area contributed by atoms with Gasteiger partial charge in [-0.2, -0.15) is 0 Å². The molecular weight excluding hydrogens is 1030 g/mol. The third-order valence-electron chi connectivity index (χ3n) is 12.0.